The molecule has 0 radical (unpaired) electrons. The molecule has 2 aliphatic heterocycles. The first kappa shape index (κ1) is 9.85. The second-order valence-corrected chi connectivity index (χ2v) is 4.62. The number of amides is 1. The summed E-state index contributed by atoms with van der Waals surface area (Å²) in [6, 6.07) is 5.21. The Bertz CT molecular complexity index is 498. The number of halogens is 1. The highest BCUT2D eigenvalue weighted by Gasteiger charge is 2.41. The summed E-state index contributed by atoms with van der Waals surface area (Å²) in [5.74, 6) is 0.219. The average Bonchev–Trinajstić information content (AvgIpc) is 2.54. The molecule has 1 amide bonds. The lowest BCUT2D eigenvalue weighted by Crippen LogP contribution is -2.35. The van der Waals surface area contributed by atoms with Gasteiger partial charge in [0, 0.05) is 35.5 Å². The van der Waals surface area contributed by atoms with E-state index in [1.54, 1.807) is 23.1 Å². The fourth-order valence-corrected chi connectivity index (χ4v) is 2.85. The first-order valence-electron chi connectivity index (χ1n) is 5.29. The van der Waals surface area contributed by atoms with E-state index in [0.717, 1.165) is 5.56 Å². The van der Waals surface area contributed by atoms with Gasteiger partial charge in [0.05, 0.1) is 6.04 Å². The summed E-state index contributed by atoms with van der Waals surface area (Å²) in [4.78, 5) is 25.3. The Kier molecular flexibility index (Phi) is 2.04. The van der Waals surface area contributed by atoms with Crippen molar-refractivity contribution in [1.82, 2.24) is 4.90 Å². The van der Waals surface area contributed by atoms with Crippen LogP contribution in [-0.4, -0.2) is 23.1 Å². The molecule has 4 heteroatoms. The van der Waals surface area contributed by atoms with Crippen LogP contribution in [0.25, 0.3) is 0 Å². The van der Waals surface area contributed by atoms with E-state index in [2.05, 4.69) is 0 Å². The molecule has 0 spiro atoms. The van der Waals surface area contributed by atoms with Crippen LogP contribution in [0.5, 0.6) is 0 Å². The number of benzene rings is 1. The van der Waals surface area contributed by atoms with Gasteiger partial charge < -0.3 is 4.90 Å². The summed E-state index contributed by atoms with van der Waals surface area (Å²) in [6.07, 6.45) is 0.871. The van der Waals surface area contributed by atoms with Gasteiger partial charge in [-0.3, -0.25) is 9.59 Å². The predicted molar refractivity (Wildman–Crippen MR) is 59.5 cm³/mol. The summed E-state index contributed by atoms with van der Waals surface area (Å²) in [5, 5.41) is 0.591. The molecule has 0 aromatic heterocycles. The summed E-state index contributed by atoms with van der Waals surface area (Å²) < 4.78 is 0. The lowest BCUT2D eigenvalue weighted by Gasteiger charge is -2.29. The number of piperidine rings is 1. The van der Waals surface area contributed by atoms with Crippen molar-refractivity contribution in [2.24, 2.45) is 0 Å². The number of ketones is 1. The number of hydrogen-bond donors (Lipinski definition) is 0. The van der Waals surface area contributed by atoms with Crippen LogP contribution >= 0.6 is 11.6 Å². The Hall–Kier alpha value is -1.35. The average molecular weight is 236 g/mol. The lowest BCUT2D eigenvalue weighted by molar-refractivity contribution is -0.122. The van der Waals surface area contributed by atoms with Gasteiger partial charge in [0.1, 0.15) is 5.78 Å². The Labute approximate surface area is 98.0 Å². The van der Waals surface area contributed by atoms with Crippen LogP contribution in [0.2, 0.25) is 5.02 Å². The molecular formula is C12H10ClNO2. The Balaban J connectivity index is 2.15. The number of fused-ring (bicyclic) bond motifs is 3. The number of Topliss-reactive ketones (excluding diaryl/α,β-unsaturated/α-hetero) is 1. The van der Waals surface area contributed by atoms with Crippen LogP contribution in [0.1, 0.15) is 34.8 Å². The van der Waals surface area contributed by atoms with E-state index in [1.165, 1.54) is 0 Å². The molecule has 1 saturated heterocycles. The zero-order valence-electron chi connectivity index (χ0n) is 8.57. The zero-order chi connectivity index (χ0) is 11.3. The van der Waals surface area contributed by atoms with Gasteiger partial charge >= 0.3 is 0 Å². The van der Waals surface area contributed by atoms with Gasteiger partial charge in [-0.2, -0.15) is 0 Å². The van der Waals surface area contributed by atoms with E-state index in [1.807, 2.05) is 0 Å². The quantitative estimate of drug-likeness (QED) is 0.691. The van der Waals surface area contributed by atoms with Crippen LogP contribution < -0.4 is 0 Å². The second kappa shape index (κ2) is 3.32. The number of rotatable bonds is 0. The Morgan fingerprint density at radius 3 is 2.94 bits per heavy atom. The highest BCUT2D eigenvalue weighted by Crippen LogP contribution is 2.42. The molecule has 0 bridgehead atoms. The number of carbonyl (C=O) groups is 2. The van der Waals surface area contributed by atoms with Gasteiger partial charge in [-0.15, -0.1) is 0 Å². The Morgan fingerprint density at radius 2 is 2.12 bits per heavy atom. The topological polar surface area (TPSA) is 37.4 Å². The molecule has 3 nitrogen and oxygen atoms in total. The first-order valence-corrected chi connectivity index (χ1v) is 5.67. The largest absolute Gasteiger partial charge is 0.331 e. The molecule has 16 heavy (non-hydrogen) atoms. The lowest BCUT2D eigenvalue weighted by atomic mass is 9.96. The van der Waals surface area contributed by atoms with E-state index in [0.29, 0.717) is 30.0 Å². The van der Waals surface area contributed by atoms with Crippen LogP contribution in [0.4, 0.5) is 0 Å². The van der Waals surface area contributed by atoms with E-state index in [9.17, 15) is 9.59 Å². The van der Waals surface area contributed by atoms with Gasteiger partial charge in [-0.25, -0.2) is 0 Å². The van der Waals surface area contributed by atoms with Crippen molar-refractivity contribution in [2.75, 3.05) is 6.54 Å². The zero-order valence-corrected chi connectivity index (χ0v) is 9.33. The minimum Gasteiger partial charge on any atom is -0.331 e. The van der Waals surface area contributed by atoms with Crippen molar-refractivity contribution in [3.05, 3.63) is 34.3 Å². The summed E-state index contributed by atoms with van der Waals surface area (Å²) in [6.45, 7) is 0.521. The maximum atomic E-state index is 12.0. The van der Waals surface area contributed by atoms with E-state index >= 15 is 0 Å². The number of nitrogens with zero attached hydrogens (tertiary/aromatic N) is 1. The maximum Gasteiger partial charge on any atom is 0.254 e. The normalized spacial score (nSPS) is 23.3. The SMILES string of the molecule is O=C1CCN2C(=O)c3cccc(Cl)c3C2C1. The van der Waals surface area contributed by atoms with Crippen LogP contribution in [0, 0.1) is 0 Å². The molecule has 2 heterocycles. The fourth-order valence-electron chi connectivity index (χ4n) is 2.55. The summed E-state index contributed by atoms with van der Waals surface area (Å²) in [5.41, 5.74) is 1.49. The molecule has 1 atom stereocenters. The molecule has 1 aromatic rings. The first-order chi connectivity index (χ1) is 7.68. The smallest absolute Gasteiger partial charge is 0.254 e. The van der Waals surface area contributed by atoms with Gasteiger partial charge in [-0.05, 0) is 12.1 Å². The number of carbonyl (C=O) groups excluding carboxylic acids is 2. The molecular weight excluding hydrogens is 226 g/mol. The van der Waals surface area contributed by atoms with E-state index < -0.39 is 0 Å². The maximum absolute atomic E-state index is 12.0. The Morgan fingerprint density at radius 1 is 1.31 bits per heavy atom. The van der Waals surface area contributed by atoms with Crippen molar-refractivity contribution in [1.29, 1.82) is 0 Å². The van der Waals surface area contributed by atoms with Crippen LogP contribution in [0.3, 0.4) is 0 Å². The van der Waals surface area contributed by atoms with Gasteiger partial charge in [0.15, 0.2) is 0 Å². The molecule has 0 saturated carbocycles. The molecule has 0 N–H and O–H groups in total. The summed E-state index contributed by atoms with van der Waals surface area (Å²) in [7, 11) is 0. The molecule has 1 fully saturated rings. The van der Waals surface area contributed by atoms with Crippen molar-refractivity contribution >= 4 is 23.3 Å². The van der Waals surface area contributed by atoms with Crippen molar-refractivity contribution in [2.45, 2.75) is 18.9 Å². The van der Waals surface area contributed by atoms with Gasteiger partial charge in [0.2, 0.25) is 0 Å². The van der Waals surface area contributed by atoms with Crippen molar-refractivity contribution in [3.8, 4) is 0 Å². The molecule has 0 aliphatic carbocycles. The standard InChI is InChI=1S/C12H10ClNO2/c13-9-3-1-2-8-11(9)10-6-7(15)4-5-14(10)12(8)16/h1-3,10H,4-6H2. The fraction of sp³-hybridized carbons (Fsp3) is 0.333. The minimum absolute atomic E-state index is 0.00926. The van der Waals surface area contributed by atoms with Crippen LogP contribution in [0.15, 0.2) is 18.2 Å². The molecule has 1 aromatic carbocycles. The highest BCUT2D eigenvalue weighted by molar-refractivity contribution is 6.32. The third-order valence-corrected chi connectivity index (χ3v) is 3.64. The predicted octanol–water partition coefficient (Wildman–Crippen LogP) is 2.20. The van der Waals surface area contributed by atoms with Gasteiger partial charge in [0.25, 0.3) is 5.91 Å². The molecule has 3 rings (SSSR count). The molecule has 1 unspecified atom stereocenters. The molecule has 2 aliphatic rings. The number of hydrogen-bond acceptors (Lipinski definition) is 2. The van der Waals surface area contributed by atoms with Crippen molar-refractivity contribution in [3.63, 3.8) is 0 Å². The third kappa shape index (κ3) is 1.21. The third-order valence-electron chi connectivity index (χ3n) is 3.31. The minimum atomic E-state index is -0.127. The summed E-state index contributed by atoms with van der Waals surface area (Å²) >= 11 is 6.11. The second-order valence-electron chi connectivity index (χ2n) is 4.21. The van der Waals surface area contributed by atoms with E-state index in [-0.39, 0.29) is 17.7 Å². The highest BCUT2D eigenvalue weighted by atomic mass is 35.5. The van der Waals surface area contributed by atoms with Gasteiger partial charge in [-0.1, -0.05) is 17.7 Å². The van der Waals surface area contributed by atoms with E-state index in [4.69, 9.17) is 11.6 Å². The monoisotopic (exact) mass is 235 g/mol. The molecule has 82 valence electrons. The van der Waals surface area contributed by atoms with Crippen molar-refractivity contribution < 1.29 is 9.59 Å². The van der Waals surface area contributed by atoms with Crippen LogP contribution in [-0.2, 0) is 4.79 Å².